The summed E-state index contributed by atoms with van der Waals surface area (Å²) in [6.45, 7) is 3.35. The number of likely N-dealkylation sites (tertiary alicyclic amines) is 1. The van der Waals surface area contributed by atoms with Crippen molar-refractivity contribution in [1.82, 2.24) is 9.88 Å². The lowest BCUT2D eigenvalue weighted by atomic mass is 9.98. The molecular weight excluding hydrogens is 232 g/mol. The Hall–Kier alpha value is -1.67. The van der Waals surface area contributed by atoms with Gasteiger partial charge in [0.25, 0.3) is 0 Å². The number of aryl methyl sites for hydroxylation is 1. The lowest BCUT2D eigenvalue weighted by Crippen LogP contribution is -2.17. The average molecular weight is 252 g/mol. The normalized spacial score (nSPS) is 19.8. The van der Waals surface area contributed by atoms with Crippen molar-refractivity contribution in [3.05, 3.63) is 53.9 Å². The highest BCUT2D eigenvalue weighted by Crippen LogP contribution is 2.32. The molecule has 2 heteroatoms. The first-order valence-electron chi connectivity index (χ1n) is 6.97. The van der Waals surface area contributed by atoms with Gasteiger partial charge < -0.3 is 0 Å². The van der Waals surface area contributed by atoms with E-state index in [2.05, 4.69) is 54.2 Å². The van der Waals surface area contributed by atoms with E-state index in [1.165, 1.54) is 41.6 Å². The number of hydrogen-bond acceptors (Lipinski definition) is 2. The van der Waals surface area contributed by atoms with Gasteiger partial charge in [-0.2, -0.15) is 0 Å². The van der Waals surface area contributed by atoms with Crippen molar-refractivity contribution in [3.8, 4) is 11.1 Å². The summed E-state index contributed by atoms with van der Waals surface area (Å²) >= 11 is 0. The van der Waals surface area contributed by atoms with Crippen LogP contribution in [0, 0.1) is 6.92 Å². The molecule has 1 unspecified atom stereocenters. The third-order valence-electron chi connectivity index (χ3n) is 4.12. The van der Waals surface area contributed by atoms with Gasteiger partial charge in [0, 0.05) is 24.0 Å². The van der Waals surface area contributed by atoms with Gasteiger partial charge >= 0.3 is 0 Å². The van der Waals surface area contributed by atoms with Gasteiger partial charge in [-0.15, -0.1) is 0 Å². The van der Waals surface area contributed by atoms with Crippen LogP contribution in [-0.4, -0.2) is 23.5 Å². The van der Waals surface area contributed by atoms with E-state index in [0.29, 0.717) is 6.04 Å². The first kappa shape index (κ1) is 12.4. The van der Waals surface area contributed by atoms with Gasteiger partial charge in [0.2, 0.25) is 0 Å². The van der Waals surface area contributed by atoms with Crippen LogP contribution >= 0.6 is 0 Å². The second-order valence-corrected chi connectivity index (χ2v) is 5.46. The van der Waals surface area contributed by atoms with E-state index < -0.39 is 0 Å². The van der Waals surface area contributed by atoms with Crippen molar-refractivity contribution in [2.45, 2.75) is 25.8 Å². The summed E-state index contributed by atoms with van der Waals surface area (Å²) in [6, 6.07) is 11.4. The molecule has 19 heavy (non-hydrogen) atoms. The van der Waals surface area contributed by atoms with Gasteiger partial charge in [0.1, 0.15) is 0 Å². The second kappa shape index (κ2) is 5.14. The molecule has 0 radical (unpaired) electrons. The zero-order chi connectivity index (χ0) is 13.2. The fourth-order valence-corrected chi connectivity index (χ4v) is 3.02. The Kier molecular flexibility index (Phi) is 3.34. The predicted octanol–water partition coefficient (Wildman–Crippen LogP) is 3.82. The van der Waals surface area contributed by atoms with E-state index in [9.17, 15) is 0 Å². The number of pyridine rings is 1. The van der Waals surface area contributed by atoms with Crippen molar-refractivity contribution < 1.29 is 0 Å². The van der Waals surface area contributed by atoms with Gasteiger partial charge in [-0.3, -0.25) is 9.88 Å². The largest absolute Gasteiger partial charge is 0.299 e. The minimum Gasteiger partial charge on any atom is -0.299 e. The fourth-order valence-electron chi connectivity index (χ4n) is 3.02. The lowest BCUT2D eigenvalue weighted by Gasteiger charge is -2.20. The van der Waals surface area contributed by atoms with Crippen LogP contribution in [0.25, 0.3) is 11.1 Å². The molecule has 0 amide bonds. The second-order valence-electron chi connectivity index (χ2n) is 5.46. The Morgan fingerprint density at radius 1 is 1.21 bits per heavy atom. The highest BCUT2D eigenvalue weighted by molar-refractivity contribution is 5.66. The van der Waals surface area contributed by atoms with E-state index in [-0.39, 0.29) is 0 Å². The van der Waals surface area contributed by atoms with Crippen LogP contribution in [0.4, 0.5) is 0 Å². The Morgan fingerprint density at radius 3 is 2.79 bits per heavy atom. The molecule has 2 aromatic rings. The Bertz CT molecular complexity index is 577. The van der Waals surface area contributed by atoms with Crippen LogP contribution in [-0.2, 0) is 0 Å². The maximum Gasteiger partial charge on any atom is 0.0361 e. The zero-order valence-electron chi connectivity index (χ0n) is 11.6. The van der Waals surface area contributed by atoms with Gasteiger partial charge in [0.05, 0.1) is 0 Å². The molecular formula is C17H20N2. The molecule has 2 nitrogen and oxygen atoms in total. The summed E-state index contributed by atoms with van der Waals surface area (Å²) < 4.78 is 0. The third-order valence-corrected chi connectivity index (χ3v) is 4.12. The molecule has 0 aliphatic carbocycles. The Morgan fingerprint density at radius 2 is 2.05 bits per heavy atom. The summed E-state index contributed by atoms with van der Waals surface area (Å²) in [4.78, 5) is 6.88. The van der Waals surface area contributed by atoms with Crippen molar-refractivity contribution in [3.63, 3.8) is 0 Å². The quantitative estimate of drug-likeness (QED) is 0.807. The van der Waals surface area contributed by atoms with Gasteiger partial charge in [-0.1, -0.05) is 24.3 Å². The highest BCUT2D eigenvalue weighted by atomic mass is 15.1. The Balaban J connectivity index is 1.98. The lowest BCUT2D eigenvalue weighted by molar-refractivity contribution is 0.317. The van der Waals surface area contributed by atoms with Crippen LogP contribution in [0.2, 0.25) is 0 Å². The van der Waals surface area contributed by atoms with Crippen molar-refractivity contribution in [2.24, 2.45) is 0 Å². The molecule has 1 aromatic heterocycles. The smallest absolute Gasteiger partial charge is 0.0361 e. The van der Waals surface area contributed by atoms with Crippen LogP contribution in [0.5, 0.6) is 0 Å². The summed E-state index contributed by atoms with van der Waals surface area (Å²) in [7, 11) is 2.21. The maximum absolute atomic E-state index is 4.45. The summed E-state index contributed by atoms with van der Waals surface area (Å²) in [5.74, 6) is 0. The van der Waals surface area contributed by atoms with E-state index in [1.807, 2.05) is 12.4 Å². The molecule has 0 N–H and O–H groups in total. The summed E-state index contributed by atoms with van der Waals surface area (Å²) in [5.41, 5.74) is 5.18. The van der Waals surface area contributed by atoms with E-state index in [0.717, 1.165) is 0 Å². The minimum absolute atomic E-state index is 0.538. The molecule has 1 aromatic carbocycles. The number of benzene rings is 1. The Labute approximate surface area is 115 Å². The van der Waals surface area contributed by atoms with Gasteiger partial charge in [-0.25, -0.2) is 0 Å². The minimum atomic E-state index is 0.538. The predicted molar refractivity (Wildman–Crippen MR) is 79.0 cm³/mol. The third kappa shape index (κ3) is 2.41. The molecule has 1 atom stereocenters. The molecule has 0 saturated carbocycles. The first-order valence-corrected chi connectivity index (χ1v) is 6.97. The van der Waals surface area contributed by atoms with Crippen molar-refractivity contribution in [2.75, 3.05) is 13.6 Å². The SMILES string of the molecule is Cc1ccccc1-c1cncc(C2CCCN2C)c1. The molecule has 1 aliphatic heterocycles. The average Bonchev–Trinajstić information content (AvgIpc) is 2.86. The topological polar surface area (TPSA) is 16.1 Å². The monoisotopic (exact) mass is 252 g/mol. The van der Waals surface area contributed by atoms with E-state index in [4.69, 9.17) is 0 Å². The number of aromatic nitrogens is 1. The van der Waals surface area contributed by atoms with Crippen LogP contribution in [0.3, 0.4) is 0 Å². The molecule has 98 valence electrons. The van der Waals surface area contributed by atoms with E-state index >= 15 is 0 Å². The molecule has 0 spiro atoms. The molecule has 1 saturated heterocycles. The summed E-state index contributed by atoms with van der Waals surface area (Å²) in [5, 5.41) is 0. The first-order chi connectivity index (χ1) is 9.25. The zero-order valence-corrected chi connectivity index (χ0v) is 11.6. The molecule has 1 aliphatic rings. The standard InChI is InChI=1S/C17H20N2/c1-13-6-3-4-7-16(13)14-10-15(12-18-11-14)17-8-5-9-19(17)2/h3-4,6-7,10-12,17H,5,8-9H2,1-2H3. The molecule has 0 bridgehead atoms. The van der Waals surface area contributed by atoms with Crippen LogP contribution in [0.1, 0.15) is 30.0 Å². The highest BCUT2D eigenvalue weighted by Gasteiger charge is 2.23. The number of rotatable bonds is 2. The fraction of sp³-hybridized carbons (Fsp3) is 0.353. The van der Waals surface area contributed by atoms with Crippen molar-refractivity contribution >= 4 is 0 Å². The summed E-state index contributed by atoms with van der Waals surface area (Å²) in [6.07, 6.45) is 6.53. The van der Waals surface area contributed by atoms with Crippen LogP contribution in [0.15, 0.2) is 42.7 Å². The van der Waals surface area contributed by atoms with E-state index in [1.54, 1.807) is 0 Å². The number of nitrogens with zero attached hydrogens (tertiary/aromatic N) is 2. The molecule has 3 rings (SSSR count). The molecule has 2 heterocycles. The molecule has 1 fully saturated rings. The maximum atomic E-state index is 4.45. The van der Waals surface area contributed by atoms with Crippen molar-refractivity contribution in [1.29, 1.82) is 0 Å². The van der Waals surface area contributed by atoms with Crippen LogP contribution < -0.4 is 0 Å². The number of hydrogen-bond donors (Lipinski definition) is 0. The van der Waals surface area contributed by atoms with Gasteiger partial charge in [0.15, 0.2) is 0 Å². The van der Waals surface area contributed by atoms with Gasteiger partial charge in [-0.05, 0) is 56.1 Å².